The molecule has 0 radical (unpaired) electrons. The second-order valence-corrected chi connectivity index (χ2v) is 7.38. The number of para-hydroxylation sites is 1. The minimum atomic E-state index is -3.79. The first-order valence-electron chi connectivity index (χ1n) is 8.28. The molecule has 1 amide bonds. The summed E-state index contributed by atoms with van der Waals surface area (Å²) in [5.41, 5.74) is 0.698. The number of sulfonamides is 1. The van der Waals surface area contributed by atoms with Gasteiger partial charge in [-0.1, -0.05) is 23.1 Å². The molecule has 0 atom stereocenters. The highest BCUT2D eigenvalue weighted by atomic mass is 32.2. The van der Waals surface area contributed by atoms with Crippen molar-refractivity contribution in [3.05, 3.63) is 54.6 Å². The van der Waals surface area contributed by atoms with Crippen molar-refractivity contribution in [3.63, 3.8) is 0 Å². The van der Waals surface area contributed by atoms with E-state index in [1.54, 1.807) is 29.2 Å². The fraction of sp³-hybridized carbons (Fsp3) is 0.278. The van der Waals surface area contributed by atoms with E-state index in [0.717, 1.165) is 6.42 Å². The molecule has 8 heteroatoms. The fourth-order valence-corrected chi connectivity index (χ4v) is 3.44. The summed E-state index contributed by atoms with van der Waals surface area (Å²) in [4.78, 5) is 20.5. The number of benzene rings is 2. The van der Waals surface area contributed by atoms with E-state index in [2.05, 4.69) is 4.89 Å². The van der Waals surface area contributed by atoms with Crippen LogP contribution < -0.4 is 14.5 Å². The summed E-state index contributed by atoms with van der Waals surface area (Å²) >= 11 is 0. The zero-order chi connectivity index (χ0) is 18.4. The second-order valence-electron chi connectivity index (χ2n) is 5.74. The van der Waals surface area contributed by atoms with Crippen molar-refractivity contribution in [3.8, 4) is 5.75 Å². The van der Waals surface area contributed by atoms with E-state index in [0.29, 0.717) is 24.4 Å². The van der Waals surface area contributed by atoms with E-state index in [4.69, 9.17) is 9.57 Å². The number of anilines is 1. The summed E-state index contributed by atoms with van der Waals surface area (Å²) in [5, 5.41) is 0. The maximum Gasteiger partial charge on any atom is 0.262 e. The van der Waals surface area contributed by atoms with Crippen molar-refractivity contribution in [1.29, 1.82) is 0 Å². The van der Waals surface area contributed by atoms with Gasteiger partial charge in [-0.25, -0.2) is 8.42 Å². The average molecular weight is 376 g/mol. The van der Waals surface area contributed by atoms with Gasteiger partial charge in [-0.3, -0.25) is 9.63 Å². The number of amides is 1. The van der Waals surface area contributed by atoms with Gasteiger partial charge in [0.1, 0.15) is 19.0 Å². The molecule has 2 aromatic carbocycles. The minimum Gasteiger partial charge on any atom is -0.491 e. The van der Waals surface area contributed by atoms with Gasteiger partial charge in [0.25, 0.3) is 10.0 Å². The lowest BCUT2D eigenvalue weighted by molar-refractivity contribution is -0.117. The Morgan fingerprint density at radius 2 is 1.73 bits per heavy atom. The van der Waals surface area contributed by atoms with Gasteiger partial charge in [0.05, 0.1) is 4.90 Å². The van der Waals surface area contributed by atoms with E-state index >= 15 is 0 Å². The van der Waals surface area contributed by atoms with Crippen molar-refractivity contribution in [2.75, 3.05) is 24.7 Å². The standard InChI is InChI=1S/C18H20N2O5S/c21-18-7-4-12-20(18)15-8-10-17(11-9-15)26(22,23)19-25-14-13-24-16-5-2-1-3-6-16/h1-3,5-6,8-11,19H,4,7,12-14H2. The maximum atomic E-state index is 12.2. The number of rotatable bonds is 8. The van der Waals surface area contributed by atoms with Crippen LogP contribution in [0.1, 0.15) is 12.8 Å². The van der Waals surface area contributed by atoms with Crippen LogP contribution in [0, 0.1) is 0 Å². The van der Waals surface area contributed by atoms with Crippen LogP contribution in [-0.2, 0) is 19.7 Å². The molecule has 3 rings (SSSR count). The van der Waals surface area contributed by atoms with Crippen LogP contribution >= 0.6 is 0 Å². The molecular formula is C18H20N2O5S. The predicted molar refractivity (Wildman–Crippen MR) is 96.2 cm³/mol. The Kier molecular flexibility index (Phi) is 5.87. The molecule has 1 fully saturated rings. The number of hydrogen-bond acceptors (Lipinski definition) is 5. The molecule has 1 N–H and O–H groups in total. The van der Waals surface area contributed by atoms with Gasteiger partial charge in [-0.15, -0.1) is 0 Å². The third-order valence-corrected chi connectivity index (χ3v) is 5.13. The zero-order valence-electron chi connectivity index (χ0n) is 14.1. The van der Waals surface area contributed by atoms with E-state index in [9.17, 15) is 13.2 Å². The molecule has 0 unspecified atom stereocenters. The monoisotopic (exact) mass is 376 g/mol. The highest BCUT2D eigenvalue weighted by Gasteiger charge is 2.22. The summed E-state index contributed by atoms with van der Waals surface area (Å²) < 4.78 is 29.8. The third kappa shape index (κ3) is 4.60. The first-order chi connectivity index (χ1) is 12.6. The number of hydrogen-bond donors (Lipinski definition) is 1. The molecule has 2 aromatic rings. The van der Waals surface area contributed by atoms with Crippen LogP contribution in [0.4, 0.5) is 5.69 Å². The van der Waals surface area contributed by atoms with Crippen LogP contribution in [0.25, 0.3) is 0 Å². The Labute approximate surface area is 152 Å². The molecular weight excluding hydrogens is 356 g/mol. The molecule has 0 saturated carbocycles. The van der Waals surface area contributed by atoms with Gasteiger partial charge in [-0.05, 0) is 42.8 Å². The van der Waals surface area contributed by atoms with E-state index in [1.807, 2.05) is 18.2 Å². The van der Waals surface area contributed by atoms with Crippen LogP contribution in [0.2, 0.25) is 0 Å². The van der Waals surface area contributed by atoms with Crippen molar-refractivity contribution < 1.29 is 22.8 Å². The second kappa shape index (κ2) is 8.31. The highest BCUT2D eigenvalue weighted by molar-refractivity contribution is 7.89. The zero-order valence-corrected chi connectivity index (χ0v) is 14.9. The van der Waals surface area contributed by atoms with Crippen LogP contribution in [0.3, 0.4) is 0 Å². The number of nitrogens with zero attached hydrogens (tertiary/aromatic N) is 1. The maximum absolute atomic E-state index is 12.2. The number of carbonyl (C=O) groups excluding carboxylic acids is 1. The largest absolute Gasteiger partial charge is 0.491 e. The van der Waals surface area contributed by atoms with Crippen LogP contribution in [-0.4, -0.2) is 34.1 Å². The molecule has 7 nitrogen and oxygen atoms in total. The molecule has 0 aromatic heterocycles. The minimum absolute atomic E-state index is 0.0560. The number of carbonyl (C=O) groups is 1. The first-order valence-corrected chi connectivity index (χ1v) is 9.76. The molecule has 0 aliphatic carbocycles. The molecule has 26 heavy (non-hydrogen) atoms. The molecule has 1 heterocycles. The quantitative estimate of drug-likeness (QED) is 0.563. The Balaban J connectivity index is 1.49. The molecule has 1 saturated heterocycles. The summed E-state index contributed by atoms with van der Waals surface area (Å²) in [6.07, 6.45) is 1.35. The van der Waals surface area contributed by atoms with Gasteiger partial charge in [0.2, 0.25) is 5.91 Å². The summed E-state index contributed by atoms with van der Waals surface area (Å²) in [7, 11) is -3.79. The third-order valence-electron chi connectivity index (χ3n) is 3.90. The molecule has 138 valence electrons. The lowest BCUT2D eigenvalue weighted by Crippen LogP contribution is -2.27. The fourth-order valence-electron chi connectivity index (χ4n) is 2.61. The van der Waals surface area contributed by atoms with Gasteiger partial charge in [-0.2, -0.15) is 0 Å². The average Bonchev–Trinajstić information content (AvgIpc) is 3.08. The summed E-state index contributed by atoms with van der Waals surface area (Å²) in [6.45, 7) is 0.935. The van der Waals surface area contributed by atoms with Crippen LogP contribution in [0.15, 0.2) is 59.5 Å². The van der Waals surface area contributed by atoms with E-state index < -0.39 is 10.0 Å². The van der Waals surface area contributed by atoms with Crippen LogP contribution in [0.5, 0.6) is 5.75 Å². The number of ether oxygens (including phenoxy) is 1. The van der Waals surface area contributed by atoms with Crippen molar-refractivity contribution in [2.24, 2.45) is 0 Å². The van der Waals surface area contributed by atoms with Gasteiger partial charge < -0.3 is 9.64 Å². The van der Waals surface area contributed by atoms with Crippen molar-refractivity contribution in [2.45, 2.75) is 17.7 Å². The lowest BCUT2D eigenvalue weighted by atomic mass is 10.3. The van der Waals surface area contributed by atoms with Gasteiger partial charge in [0, 0.05) is 18.7 Å². The van der Waals surface area contributed by atoms with Crippen molar-refractivity contribution >= 4 is 21.6 Å². The normalized spacial score (nSPS) is 14.6. The topological polar surface area (TPSA) is 84.9 Å². The molecule has 0 bridgehead atoms. The lowest BCUT2D eigenvalue weighted by Gasteiger charge is -2.16. The van der Waals surface area contributed by atoms with Gasteiger partial charge in [0.15, 0.2) is 0 Å². The van der Waals surface area contributed by atoms with E-state index in [1.165, 1.54) is 12.1 Å². The summed E-state index contributed by atoms with van der Waals surface area (Å²) in [6, 6.07) is 15.3. The smallest absolute Gasteiger partial charge is 0.262 e. The SMILES string of the molecule is O=C1CCCN1c1ccc(S(=O)(=O)NOCCOc2ccccc2)cc1. The highest BCUT2D eigenvalue weighted by Crippen LogP contribution is 2.22. The van der Waals surface area contributed by atoms with Gasteiger partial charge >= 0.3 is 0 Å². The summed E-state index contributed by atoms with van der Waals surface area (Å²) in [5.74, 6) is 0.742. The molecule has 0 spiro atoms. The Hall–Kier alpha value is -2.42. The molecule has 1 aliphatic rings. The van der Waals surface area contributed by atoms with Crippen molar-refractivity contribution in [1.82, 2.24) is 4.89 Å². The Morgan fingerprint density at radius 3 is 2.38 bits per heavy atom. The first kappa shape index (κ1) is 18.4. The number of nitrogens with one attached hydrogen (secondary N) is 1. The Bertz CT molecular complexity index is 838. The molecule has 1 aliphatic heterocycles. The predicted octanol–water partition coefficient (Wildman–Crippen LogP) is 2.10. The Morgan fingerprint density at radius 1 is 1.00 bits per heavy atom. The van der Waals surface area contributed by atoms with E-state index in [-0.39, 0.29) is 24.0 Å².